The van der Waals surface area contributed by atoms with Gasteiger partial charge in [-0.25, -0.2) is 9.18 Å². The Morgan fingerprint density at radius 3 is 2.23 bits per heavy atom. The topological polar surface area (TPSA) is 84.5 Å². The van der Waals surface area contributed by atoms with Gasteiger partial charge in [-0.2, -0.15) is 0 Å². The molecule has 158 valence electrons. The van der Waals surface area contributed by atoms with Gasteiger partial charge in [-0.05, 0) is 35.9 Å². The summed E-state index contributed by atoms with van der Waals surface area (Å²) in [6.45, 7) is -0.568. The second kappa shape index (κ2) is 10.7. The fraction of sp³-hybridized carbons (Fsp3) is 0.125. The van der Waals surface area contributed by atoms with Gasteiger partial charge in [-0.15, -0.1) is 0 Å². The van der Waals surface area contributed by atoms with Crippen LogP contribution in [-0.4, -0.2) is 30.4 Å². The van der Waals surface area contributed by atoms with Gasteiger partial charge in [0.2, 0.25) is 0 Å². The summed E-state index contributed by atoms with van der Waals surface area (Å²) in [5.74, 6) is -2.29. The summed E-state index contributed by atoms with van der Waals surface area (Å²) in [7, 11) is 0. The molecule has 0 aromatic heterocycles. The lowest BCUT2D eigenvalue weighted by Gasteiger charge is -2.18. The van der Waals surface area contributed by atoms with E-state index in [4.69, 9.17) is 4.74 Å². The molecule has 0 fully saturated rings. The monoisotopic (exact) mass is 420 g/mol. The normalized spacial score (nSPS) is 11.3. The minimum absolute atomic E-state index is 0.198. The standard InChI is InChI=1S/C24H21FN2O4/c25-19-12-7-13-20(15-19)26-22(28)16-31-24(30)21(14-17-8-3-1-4-9-17)27-23(29)18-10-5-2-6-11-18/h1-13,15,21H,14,16H2,(H,26,28)(H,27,29)/t21-/m0/s1. The lowest BCUT2D eigenvalue weighted by Crippen LogP contribution is -2.44. The highest BCUT2D eigenvalue weighted by Gasteiger charge is 2.24. The third-order valence-corrected chi connectivity index (χ3v) is 4.36. The van der Waals surface area contributed by atoms with Gasteiger partial charge < -0.3 is 15.4 Å². The SMILES string of the molecule is O=C(COC(=O)[C@H](Cc1ccccc1)NC(=O)c1ccccc1)Nc1cccc(F)c1. The number of rotatable bonds is 8. The van der Waals surface area contributed by atoms with E-state index >= 15 is 0 Å². The van der Waals surface area contributed by atoms with Crippen molar-refractivity contribution in [2.45, 2.75) is 12.5 Å². The molecule has 1 atom stereocenters. The minimum Gasteiger partial charge on any atom is -0.454 e. The van der Waals surface area contributed by atoms with Gasteiger partial charge in [0, 0.05) is 17.7 Å². The average Bonchev–Trinajstić information content (AvgIpc) is 2.78. The zero-order valence-corrected chi connectivity index (χ0v) is 16.6. The van der Waals surface area contributed by atoms with Crippen LogP contribution in [0.1, 0.15) is 15.9 Å². The number of carbonyl (C=O) groups excluding carboxylic acids is 3. The molecule has 31 heavy (non-hydrogen) atoms. The van der Waals surface area contributed by atoms with Crippen molar-refractivity contribution in [3.63, 3.8) is 0 Å². The van der Waals surface area contributed by atoms with E-state index in [1.165, 1.54) is 18.2 Å². The molecule has 2 amide bonds. The van der Waals surface area contributed by atoms with Crippen molar-refractivity contribution >= 4 is 23.5 Å². The van der Waals surface area contributed by atoms with E-state index in [0.29, 0.717) is 5.56 Å². The first kappa shape index (κ1) is 21.7. The predicted molar refractivity (Wildman–Crippen MR) is 114 cm³/mol. The Morgan fingerprint density at radius 2 is 1.55 bits per heavy atom. The van der Waals surface area contributed by atoms with Crippen molar-refractivity contribution in [1.82, 2.24) is 5.32 Å². The van der Waals surface area contributed by atoms with Crippen LogP contribution >= 0.6 is 0 Å². The van der Waals surface area contributed by atoms with E-state index in [-0.39, 0.29) is 12.1 Å². The van der Waals surface area contributed by atoms with Crippen molar-refractivity contribution in [3.8, 4) is 0 Å². The van der Waals surface area contributed by atoms with Crippen molar-refractivity contribution in [3.05, 3.63) is 102 Å². The summed E-state index contributed by atoms with van der Waals surface area (Å²) in [6.07, 6.45) is 0.198. The number of esters is 1. The Hall–Kier alpha value is -4.00. The number of hydrogen-bond donors (Lipinski definition) is 2. The molecule has 0 saturated carbocycles. The molecule has 0 bridgehead atoms. The molecule has 0 saturated heterocycles. The Morgan fingerprint density at radius 1 is 0.871 bits per heavy atom. The molecule has 0 aliphatic carbocycles. The first-order valence-electron chi connectivity index (χ1n) is 9.63. The highest BCUT2D eigenvalue weighted by atomic mass is 19.1. The molecule has 0 heterocycles. The summed E-state index contributed by atoms with van der Waals surface area (Å²) in [5.41, 5.74) is 1.47. The Labute approximate surface area is 179 Å². The van der Waals surface area contributed by atoms with E-state index < -0.39 is 36.2 Å². The predicted octanol–water partition coefficient (Wildman–Crippen LogP) is 3.35. The molecule has 2 N–H and O–H groups in total. The van der Waals surface area contributed by atoms with E-state index in [1.54, 1.807) is 30.3 Å². The molecule has 0 spiro atoms. The van der Waals surface area contributed by atoms with E-state index in [2.05, 4.69) is 10.6 Å². The van der Waals surface area contributed by atoms with E-state index in [0.717, 1.165) is 11.6 Å². The number of carbonyl (C=O) groups is 3. The highest BCUT2D eigenvalue weighted by Crippen LogP contribution is 2.10. The van der Waals surface area contributed by atoms with Gasteiger partial charge >= 0.3 is 5.97 Å². The van der Waals surface area contributed by atoms with Crippen LogP contribution in [0, 0.1) is 5.82 Å². The highest BCUT2D eigenvalue weighted by molar-refractivity contribution is 5.97. The Kier molecular flexibility index (Phi) is 7.48. The van der Waals surface area contributed by atoms with Gasteiger partial charge in [0.05, 0.1) is 0 Å². The second-order valence-corrected chi connectivity index (χ2v) is 6.75. The van der Waals surface area contributed by atoms with Crippen LogP contribution in [-0.2, 0) is 20.7 Å². The smallest absolute Gasteiger partial charge is 0.329 e. The largest absolute Gasteiger partial charge is 0.454 e. The quantitative estimate of drug-likeness (QED) is 0.548. The number of nitrogens with one attached hydrogen (secondary N) is 2. The Balaban J connectivity index is 1.63. The van der Waals surface area contributed by atoms with Crippen LogP contribution in [0.5, 0.6) is 0 Å². The van der Waals surface area contributed by atoms with Crippen LogP contribution in [0.2, 0.25) is 0 Å². The van der Waals surface area contributed by atoms with Gasteiger partial charge in [0.25, 0.3) is 11.8 Å². The number of amides is 2. The summed E-state index contributed by atoms with van der Waals surface area (Å²) in [6, 6.07) is 22.0. The maximum atomic E-state index is 13.2. The fourth-order valence-electron chi connectivity index (χ4n) is 2.87. The van der Waals surface area contributed by atoms with Gasteiger partial charge in [0.1, 0.15) is 11.9 Å². The molecule has 7 heteroatoms. The maximum Gasteiger partial charge on any atom is 0.329 e. The summed E-state index contributed by atoms with van der Waals surface area (Å²) in [5, 5.41) is 5.12. The molecule has 3 rings (SSSR count). The lowest BCUT2D eigenvalue weighted by atomic mass is 10.1. The lowest BCUT2D eigenvalue weighted by molar-refractivity contribution is -0.149. The second-order valence-electron chi connectivity index (χ2n) is 6.75. The summed E-state index contributed by atoms with van der Waals surface area (Å²) in [4.78, 5) is 37.2. The number of benzene rings is 3. The Bertz CT molecular complexity index is 1040. The third-order valence-electron chi connectivity index (χ3n) is 4.36. The molecular weight excluding hydrogens is 399 g/mol. The summed E-state index contributed by atoms with van der Waals surface area (Å²) >= 11 is 0. The molecule has 0 aliphatic heterocycles. The number of ether oxygens (including phenoxy) is 1. The van der Waals surface area contributed by atoms with Crippen molar-refractivity contribution in [2.75, 3.05) is 11.9 Å². The number of hydrogen-bond acceptors (Lipinski definition) is 4. The minimum atomic E-state index is -0.989. The molecule has 0 unspecified atom stereocenters. The van der Waals surface area contributed by atoms with E-state index in [9.17, 15) is 18.8 Å². The zero-order valence-electron chi connectivity index (χ0n) is 16.6. The average molecular weight is 420 g/mol. The third kappa shape index (κ3) is 6.78. The van der Waals surface area contributed by atoms with Crippen LogP contribution < -0.4 is 10.6 Å². The molecular formula is C24H21FN2O4. The molecule has 3 aromatic rings. The van der Waals surface area contributed by atoms with Crippen molar-refractivity contribution in [2.24, 2.45) is 0 Å². The van der Waals surface area contributed by atoms with Gasteiger partial charge in [-0.1, -0.05) is 54.6 Å². The van der Waals surface area contributed by atoms with Gasteiger partial charge in [-0.3, -0.25) is 9.59 Å². The molecule has 3 aromatic carbocycles. The van der Waals surface area contributed by atoms with Crippen molar-refractivity contribution < 1.29 is 23.5 Å². The van der Waals surface area contributed by atoms with Crippen LogP contribution in [0.25, 0.3) is 0 Å². The summed E-state index contributed by atoms with van der Waals surface area (Å²) < 4.78 is 18.3. The fourth-order valence-corrected chi connectivity index (χ4v) is 2.87. The molecule has 0 radical (unpaired) electrons. The van der Waals surface area contributed by atoms with Crippen LogP contribution in [0.15, 0.2) is 84.9 Å². The van der Waals surface area contributed by atoms with E-state index in [1.807, 2.05) is 30.3 Å². The number of halogens is 1. The first-order valence-corrected chi connectivity index (χ1v) is 9.63. The number of anilines is 1. The maximum absolute atomic E-state index is 13.2. The van der Waals surface area contributed by atoms with Crippen molar-refractivity contribution in [1.29, 1.82) is 0 Å². The van der Waals surface area contributed by atoms with Crippen LogP contribution in [0.3, 0.4) is 0 Å². The van der Waals surface area contributed by atoms with Crippen LogP contribution in [0.4, 0.5) is 10.1 Å². The van der Waals surface area contributed by atoms with Gasteiger partial charge in [0.15, 0.2) is 6.61 Å². The molecule has 0 aliphatic rings. The molecule has 6 nitrogen and oxygen atoms in total. The zero-order chi connectivity index (χ0) is 22.1. The first-order chi connectivity index (χ1) is 15.0.